The van der Waals surface area contributed by atoms with Crippen LogP contribution in [0.2, 0.25) is 0 Å². The average Bonchev–Trinajstić information content (AvgIpc) is 2.44. The van der Waals surface area contributed by atoms with Crippen LogP contribution in [-0.2, 0) is 9.59 Å². The van der Waals surface area contributed by atoms with Gasteiger partial charge in [0, 0.05) is 6.92 Å². The van der Waals surface area contributed by atoms with Crippen LogP contribution in [0.3, 0.4) is 0 Å². The second kappa shape index (κ2) is 8.07. The lowest BCUT2D eigenvalue weighted by Crippen LogP contribution is -2.24. The van der Waals surface area contributed by atoms with Gasteiger partial charge in [-0.1, -0.05) is 19.9 Å². The summed E-state index contributed by atoms with van der Waals surface area (Å²) in [6, 6.07) is 5.06. The van der Waals surface area contributed by atoms with Crippen molar-refractivity contribution in [2.24, 2.45) is 5.92 Å². The van der Waals surface area contributed by atoms with Crippen molar-refractivity contribution in [3.63, 3.8) is 0 Å². The first-order chi connectivity index (χ1) is 10.3. The summed E-state index contributed by atoms with van der Waals surface area (Å²) in [6.45, 7) is 5.88. The van der Waals surface area contributed by atoms with Crippen LogP contribution in [0.1, 0.15) is 26.3 Å². The normalized spacial score (nSPS) is 11.2. The molecule has 0 atom stereocenters. The molecule has 0 fully saturated rings. The summed E-state index contributed by atoms with van der Waals surface area (Å²) in [7, 11) is 1.51. The largest absolute Gasteiger partial charge is 0.493 e. The number of amides is 1. The van der Waals surface area contributed by atoms with Gasteiger partial charge in [-0.3, -0.25) is 4.79 Å². The summed E-state index contributed by atoms with van der Waals surface area (Å²) in [4.78, 5) is 22.1. The molecule has 0 unspecified atom stereocenters. The maximum Gasteiger partial charge on any atom is 0.352 e. The van der Waals surface area contributed by atoms with Crippen LogP contribution in [0.5, 0.6) is 11.5 Å². The van der Waals surface area contributed by atoms with Crippen LogP contribution in [0, 0.1) is 5.92 Å². The highest BCUT2D eigenvalue weighted by molar-refractivity contribution is 5.96. The van der Waals surface area contributed by atoms with Gasteiger partial charge in [-0.05, 0) is 29.7 Å². The molecule has 120 valence electrons. The molecule has 0 spiro atoms. The number of rotatable bonds is 7. The highest BCUT2D eigenvalue weighted by atomic mass is 16.5. The maximum absolute atomic E-state index is 11.1. The number of aliphatic carboxylic acids is 1. The molecule has 0 heterocycles. The van der Waals surface area contributed by atoms with E-state index >= 15 is 0 Å². The van der Waals surface area contributed by atoms with Crippen molar-refractivity contribution in [1.82, 2.24) is 5.32 Å². The third kappa shape index (κ3) is 5.47. The van der Waals surface area contributed by atoms with Gasteiger partial charge in [-0.25, -0.2) is 4.79 Å². The Morgan fingerprint density at radius 3 is 2.50 bits per heavy atom. The van der Waals surface area contributed by atoms with Gasteiger partial charge in [0.1, 0.15) is 5.70 Å². The zero-order valence-electron chi connectivity index (χ0n) is 13.2. The third-order valence-corrected chi connectivity index (χ3v) is 2.61. The molecular formula is C16H21NO5. The number of ether oxygens (including phenoxy) is 2. The van der Waals surface area contributed by atoms with Crippen molar-refractivity contribution in [1.29, 1.82) is 0 Å². The van der Waals surface area contributed by atoms with Gasteiger partial charge in [0.05, 0.1) is 13.7 Å². The second-order valence-corrected chi connectivity index (χ2v) is 5.16. The zero-order chi connectivity index (χ0) is 16.7. The van der Waals surface area contributed by atoms with Crippen LogP contribution in [0.15, 0.2) is 23.9 Å². The highest BCUT2D eigenvalue weighted by Gasteiger charge is 2.11. The molecular weight excluding hydrogens is 286 g/mol. The molecule has 22 heavy (non-hydrogen) atoms. The van der Waals surface area contributed by atoms with E-state index in [2.05, 4.69) is 5.32 Å². The van der Waals surface area contributed by atoms with Gasteiger partial charge in [-0.15, -0.1) is 0 Å². The molecule has 0 aliphatic carbocycles. The number of carboxylic acids is 1. The summed E-state index contributed by atoms with van der Waals surface area (Å²) in [5, 5.41) is 11.3. The van der Waals surface area contributed by atoms with E-state index in [1.54, 1.807) is 18.2 Å². The van der Waals surface area contributed by atoms with Crippen LogP contribution in [0.25, 0.3) is 6.08 Å². The summed E-state index contributed by atoms with van der Waals surface area (Å²) < 4.78 is 10.9. The van der Waals surface area contributed by atoms with E-state index in [0.717, 1.165) is 0 Å². The molecule has 0 radical (unpaired) electrons. The maximum atomic E-state index is 11.1. The Labute approximate surface area is 129 Å². The van der Waals surface area contributed by atoms with Crippen LogP contribution >= 0.6 is 0 Å². The molecule has 0 aliphatic heterocycles. The monoisotopic (exact) mass is 307 g/mol. The van der Waals surface area contributed by atoms with E-state index < -0.39 is 11.9 Å². The van der Waals surface area contributed by atoms with E-state index in [0.29, 0.717) is 29.6 Å². The van der Waals surface area contributed by atoms with Crippen LogP contribution in [0.4, 0.5) is 0 Å². The quantitative estimate of drug-likeness (QED) is 0.755. The van der Waals surface area contributed by atoms with Gasteiger partial charge >= 0.3 is 5.97 Å². The van der Waals surface area contributed by atoms with Gasteiger partial charge in [-0.2, -0.15) is 0 Å². The number of methoxy groups -OCH3 is 1. The first kappa shape index (κ1) is 17.6. The Kier molecular flexibility index (Phi) is 6.44. The molecule has 1 amide bonds. The fourth-order valence-corrected chi connectivity index (χ4v) is 1.66. The minimum Gasteiger partial charge on any atom is -0.493 e. The van der Waals surface area contributed by atoms with E-state index in [4.69, 9.17) is 14.6 Å². The smallest absolute Gasteiger partial charge is 0.352 e. The molecule has 0 saturated heterocycles. The summed E-state index contributed by atoms with van der Waals surface area (Å²) in [5.74, 6) is -0.193. The number of hydrogen-bond acceptors (Lipinski definition) is 4. The fourth-order valence-electron chi connectivity index (χ4n) is 1.66. The second-order valence-electron chi connectivity index (χ2n) is 5.16. The Hall–Kier alpha value is -2.50. The molecule has 1 rings (SSSR count). The van der Waals surface area contributed by atoms with Crippen molar-refractivity contribution in [2.75, 3.05) is 13.7 Å². The van der Waals surface area contributed by atoms with Crippen LogP contribution in [-0.4, -0.2) is 30.7 Å². The van der Waals surface area contributed by atoms with E-state index in [1.165, 1.54) is 20.1 Å². The number of hydrogen-bond donors (Lipinski definition) is 2. The molecule has 0 bridgehead atoms. The zero-order valence-corrected chi connectivity index (χ0v) is 13.2. The molecule has 2 N–H and O–H groups in total. The fraction of sp³-hybridized carbons (Fsp3) is 0.375. The summed E-state index contributed by atoms with van der Waals surface area (Å²) >= 11 is 0. The van der Waals surface area contributed by atoms with Crippen molar-refractivity contribution in [2.45, 2.75) is 20.8 Å². The van der Waals surface area contributed by atoms with Crippen LogP contribution < -0.4 is 14.8 Å². The number of carbonyl (C=O) groups is 2. The Morgan fingerprint density at radius 2 is 2.00 bits per heavy atom. The first-order valence-electron chi connectivity index (χ1n) is 6.87. The van der Waals surface area contributed by atoms with Crippen molar-refractivity contribution in [3.8, 4) is 11.5 Å². The molecule has 6 nitrogen and oxygen atoms in total. The lowest BCUT2D eigenvalue weighted by molar-refractivity contribution is -0.134. The number of carbonyl (C=O) groups excluding carboxylic acids is 1. The minimum atomic E-state index is -1.21. The number of carboxylic acid groups (broad SMARTS) is 1. The molecule has 1 aromatic carbocycles. The molecule has 0 aliphatic rings. The molecule has 0 aromatic heterocycles. The van der Waals surface area contributed by atoms with Crippen molar-refractivity contribution < 1.29 is 24.2 Å². The molecule has 0 saturated carbocycles. The Morgan fingerprint density at radius 1 is 1.32 bits per heavy atom. The SMILES string of the molecule is COc1cc(/C=C(\NC(C)=O)C(=O)O)ccc1OCC(C)C. The molecule has 6 heteroatoms. The molecule has 1 aromatic rings. The van der Waals surface area contributed by atoms with Gasteiger partial charge in [0.15, 0.2) is 11.5 Å². The van der Waals surface area contributed by atoms with Gasteiger partial charge in [0.2, 0.25) is 5.91 Å². The summed E-state index contributed by atoms with van der Waals surface area (Å²) in [6.07, 6.45) is 1.36. The number of benzene rings is 1. The van der Waals surface area contributed by atoms with Gasteiger partial charge in [0.25, 0.3) is 0 Å². The highest BCUT2D eigenvalue weighted by Crippen LogP contribution is 2.29. The van der Waals surface area contributed by atoms with E-state index in [9.17, 15) is 9.59 Å². The minimum absolute atomic E-state index is 0.203. The average molecular weight is 307 g/mol. The lowest BCUT2D eigenvalue weighted by atomic mass is 10.1. The van der Waals surface area contributed by atoms with E-state index in [-0.39, 0.29) is 5.70 Å². The standard InChI is InChI=1S/C16H21NO5/c1-10(2)9-22-14-6-5-12(8-15(14)21-4)7-13(16(19)20)17-11(3)18/h5-8,10H,9H2,1-4H3,(H,17,18)(H,19,20)/b13-7-. The Bertz CT molecular complexity index is 578. The Balaban J connectivity index is 3.05. The van der Waals surface area contributed by atoms with Crippen molar-refractivity contribution in [3.05, 3.63) is 29.5 Å². The summed E-state index contributed by atoms with van der Waals surface area (Å²) in [5.41, 5.74) is 0.380. The van der Waals surface area contributed by atoms with Gasteiger partial charge < -0.3 is 19.9 Å². The lowest BCUT2D eigenvalue weighted by Gasteiger charge is -2.13. The predicted molar refractivity (Wildman–Crippen MR) is 82.8 cm³/mol. The third-order valence-electron chi connectivity index (χ3n) is 2.61. The van der Waals surface area contributed by atoms with E-state index in [1.807, 2.05) is 13.8 Å². The topological polar surface area (TPSA) is 84.9 Å². The predicted octanol–water partition coefficient (Wildman–Crippen LogP) is 2.29. The van der Waals surface area contributed by atoms with Crippen molar-refractivity contribution >= 4 is 18.0 Å². The number of nitrogens with one attached hydrogen (secondary N) is 1. The first-order valence-corrected chi connectivity index (χ1v) is 6.87.